The summed E-state index contributed by atoms with van der Waals surface area (Å²) in [7, 11) is 2.97. The Labute approximate surface area is 193 Å². The van der Waals surface area contributed by atoms with Crippen LogP contribution in [-0.4, -0.2) is 31.0 Å². The second-order valence-electron chi connectivity index (χ2n) is 7.12. The van der Waals surface area contributed by atoms with Gasteiger partial charge in [-0.15, -0.1) is 0 Å². The molecule has 1 atom stereocenters. The van der Waals surface area contributed by atoms with Crippen LogP contribution in [-0.2, 0) is 9.59 Å². The van der Waals surface area contributed by atoms with Gasteiger partial charge in [0.15, 0.2) is 0 Å². The first-order chi connectivity index (χ1) is 15.5. The molecule has 0 saturated carbocycles. The van der Waals surface area contributed by atoms with Crippen LogP contribution in [0.3, 0.4) is 0 Å². The molecule has 3 aromatic carbocycles. The summed E-state index contributed by atoms with van der Waals surface area (Å²) in [5.74, 6) is -0.989. The van der Waals surface area contributed by atoms with Crippen molar-refractivity contribution in [1.29, 1.82) is 0 Å². The standard InChI is InChI=1S/C25H20BrNO5/c1-31-18-12-13-20(32-2)19(14-18)23(28)21-22(15-6-4-3-5-7-15)27(25(30)24(21)29)17-10-8-16(26)9-11-17/h3-14,22,28H,1-2H3/b23-21+. The van der Waals surface area contributed by atoms with Crippen LogP contribution in [0, 0.1) is 0 Å². The normalized spacial score (nSPS) is 17.5. The molecule has 0 radical (unpaired) electrons. The molecule has 4 rings (SSSR count). The minimum atomic E-state index is -0.812. The highest BCUT2D eigenvalue weighted by Gasteiger charge is 2.47. The second kappa shape index (κ2) is 8.88. The summed E-state index contributed by atoms with van der Waals surface area (Å²) in [6.45, 7) is 0. The predicted octanol–water partition coefficient (Wildman–Crippen LogP) is 5.09. The molecule has 162 valence electrons. The van der Waals surface area contributed by atoms with Gasteiger partial charge >= 0.3 is 0 Å². The van der Waals surface area contributed by atoms with Gasteiger partial charge in [-0.25, -0.2) is 0 Å². The molecule has 1 unspecified atom stereocenters. The van der Waals surface area contributed by atoms with Crippen molar-refractivity contribution < 1.29 is 24.2 Å². The third-order valence-corrected chi connectivity index (χ3v) is 5.85. The maximum Gasteiger partial charge on any atom is 0.300 e. The summed E-state index contributed by atoms with van der Waals surface area (Å²) in [6.07, 6.45) is 0. The van der Waals surface area contributed by atoms with Crippen LogP contribution in [0.4, 0.5) is 5.69 Å². The molecule has 1 amide bonds. The van der Waals surface area contributed by atoms with Crippen molar-refractivity contribution in [1.82, 2.24) is 0 Å². The molecule has 1 fully saturated rings. The highest BCUT2D eigenvalue weighted by atomic mass is 79.9. The predicted molar refractivity (Wildman–Crippen MR) is 125 cm³/mol. The molecule has 1 saturated heterocycles. The Morgan fingerprint density at radius 3 is 2.25 bits per heavy atom. The number of aliphatic hydroxyl groups excluding tert-OH is 1. The number of halogens is 1. The molecule has 3 aromatic rings. The van der Waals surface area contributed by atoms with Crippen molar-refractivity contribution in [2.75, 3.05) is 19.1 Å². The van der Waals surface area contributed by atoms with Crippen LogP contribution in [0.1, 0.15) is 17.2 Å². The minimum absolute atomic E-state index is 0.0179. The molecule has 6 nitrogen and oxygen atoms in total. The lowest BCUT2D eigenvalue weighted by Crippen LogP contribution is -2.29. The number of methoxy groups -OCH3 is 2. The molecule has 0 aliphatic carbocycles. The molecule has 1 heterocycles. The van der Waals surface area contributed by atoms with Gasteiger partial charge in [-0.3, -0.25) is 14.5 Å². The zero-order valence-electron chi connectivity index (χ0n) is 17.4. The number of nitrogens with zero attached hydrogens (tertiary/aromatic N) is 1. The quantitative estimate of drug-likeness (QED) is 0.304. The van der Waals surface area contributed by atoms with Gasteiger partial charge in [0.2, 0.25) is 0 Å². The smallest absolute Gasteiger partial charge is 0.300 e. The fourth-order valence-corrected chi connectivity index (χ4v) is 4.06. The maximum atomic E-state index is 13.2. The van der Waals surface area contributed by atoms with E-state index in [-0.39, 0.29) is 16.9 Å². The summed E-state index contributed by atoms with van der Waals surface area (Å²) in [6, 6.07) is 20.3. The van der Waals surface area contributed by atoms with E-state index < -0.39 is 17.7 Å². The van der Waals surface area contributed by atoms with Crippen LogP contribution >= 0.6 is 15.9 Å². The van der Waals surface area contributed by atoms with E-state index in [1.54, 1.807) is 42.5 Å². The molecule has 1 aliphatic heterocycles. The number of aliphatic hydroxyl groups is 1. The summed E-state index contributed by atoms with van der Waals surface area (Å²) in [4.78, 5) is 27.8. The van der Waals surface area contributed by atoms with E-state index in [2.05, 4.69) is 15.9 Å². The summed E-state index contributed by atoms with van der Waals surface area (Å²) < 4.78 is 11.5. The minimum Gasteiger partial charge on any atom is -0.507 e. The van der Waals surface area contributed by atoms with Crippen molar-refractivity contribution in [3.8, 4) is 11.5 Å². The van der Waals surface area contributed by atoms with Crippen LogP contribution in [0.2, 0.25) is 0 Å². The van der Waals surface area contributed by atoms with Gasteiger partial charge in [0, 0.05) is 10.2 Å². The van der Waals surface area contributed by atoms with Gasteiger partial charge in [0.25, 0.3) is 11.7 Å². The third kappa shape index (κ3) is 3.76. The van der Waals surface area contributed by atoms with E-state index in [0.717, 1.165) is 4.47 Å². The fraction of sp³-hybridized carbons (Fsp3) is 0.120. The zero-order valence-corrected chi connectivity index (χ0v) is 19.0. The van der Waals surface area contributed by atoms with E-state index in [0.29, 0.717) is 22.7 Å². The van der Waals surface area contributed by atoms with E-state index >= 15 is 0 Å². The Morgan fingerprint density at radius 2 is 1.62 bits per heavy atom. The summed E-state index contributed by atoms with van der Waals surface area (Å²) >= 11 is 3.39. The average molecular weight is 494 g/mol. The van der Waals surface area contributed by atoms with Crippen LogP contribution in [0.25, 0.3) is 5.76 Å². The number of ketones is 1. The number of anilines is 1. The first-order valence-corrected chi connectivity index (χ1v) is 10.6. The van der Waals surface area contributed by atoms with Crippen LogP contribution in [0.15, 0.2) is 82.8 Å². The molecule has 0 spiro atoms. The van der Waals surface area contributed by atoms with Crippen molar-refractivity contribution in [2.45, 2.75) is 6.04 Å². The number of hydrogen-bond acceptors (Lipinski definition) is 5. The number of carbonyl (C=O) groups is 2. The fourth-order valence-electron chi connectivity index (χ4n) is 3.80. The molecular formula is C25H20BrNO5. The Kier molecular flexibility index (Phi) is 6.01. The van der Waals surface area contributed by atoms with E-state index in [1.807, 2.05) is 30.3 Å². The Morgan fingerprint density at radius 1 is 0.938 bits per heavy atom. The van der Waals surface area contributed by atoms with Gasteiger partial charge in [-0.05, 0) is 48.0 Å². The highest BCUT2D eigenvalue weighted by molar-refractivity contribution is 9.10. The SMILES string of the molecule is COc1ccc(OC)c(/C(O)=C2\C(=O)C(=O)N(c3ccc(Br)cc3)C2c2ccccc2)c1. The monoisotopic (exact) mass is 493 g/mol. The van der Waals surface area contributed by atoms with Crippen molar-refractivity contribution in [3.05, 3.63) is 94.0 Å². The zero-order chi connectivity index (χ0) is 22.8. The third-order valence-electron chi connectivity index (χ3n) is 5.33. The lowest BCUT2D eigenvalue weighted by molar-refractivity contribution is -0.132. The van der Waals surface area contributed by atoms with Gasteiger partial charge in [-0.2, -0.15) is 0 Å². The van der Waals surface area contributed by atoms with Crippen LogP contribution < -0.4 is 14.4 Å². The Bertz CT molecular complexity index is 1200. The number of carbonyl (C=O) groups excluding carboxylic acids is 2. The summed E-state index contributed by atoms with van der Waals surface area (Å²) in [5.41, 5.74) is 1.48. The molecular weight excluding hydrogens is 474 g/mol. The van der Waals surface area contributed by atoms with Crippen molar-refractivity contribution >= 4 is 39.1 Å². The topological polar surface area (TPSA) is 76.1 Å². The van der Waals surface area contributed by atoms with Crippen molar-refractivity contribution in [3.63, 3.8) is 0 Å². The van der Waals surface area contributed by atoms with Crippen LogP contribution in [0.5, 0.6) is 11.5 Å². The van der Waals surface area contributed by atoms with E-state index in [4.69, 9.17) is 9.47 Å². The number of ether oxygens (including phenoxy) is 2. The van der Waals surface area contributed by atoms with E-state index in [1.165, 1.54) is 19.1 Å². The number of Topliss-reactive ketones (excluding diaryl/α,β-unsaturated/α-hetero) is 1. The lowest BCUT2D eigenvalue weighted by Gasteiger charge is -2.25. The second-order valence-corrected chi connectivity index (χ2v) is 8.04. The van der Waals surface area contributed by atoms with Gasteiger partial charge in [0.05, 0.1) is 31.4 Å². The highest BCUT2D eigenvalue weighted by Crippen LogP contribution is 2.43. The number of amides is 1. The molecule has 0 bridgehead atoms. The average Bonchev–Trinajstić information content (AvgIpc) is 3.09. The van der Waals surface area contributed by atoms with Crippen molar-refractivity contribution in [2.24, 2.45) is 0 Å². The maximum absolute atomic E-state index is 13.2. The molecule has 0 aromatic heterocycles. The molecule has 1 N–H and O–H groups in total. The Hall–Kier alpha value is -3.58. The number of benzene rings is 3. The molecule has 32 heavy (non-hydrogen) atoms. The number of rotatable bonds is 5. The lowest BCUT2D eigenvalue weighted by atomic mass is 9.94. The van der Waals surface area contributed by atoms with Gasteiger partial charge in [-0.1, -0.05) is 46.3 Å². The number of hydrogen-bond donors (Lipinski definition) is 1. The van der Waals surface area contributed by atoms with Gasteiger partial charge in [0.1, 0.15) is 17.3 Å². The first-order valence-electron chi connectivity index (χ1n) is 9.80. The van der Waals surface area contributed by atoms with E-state index in [9.17, 15) is 14.7 Å². The summed E-state index contributed by atoms with van der Waals surface area (Å²) in [5, 5.41) is 11.3. The largest absolute Gasteiger partial charge is 0.507 e. The Balaban J connectivity index is 1.97. The molecule has 7 heteroatoms. The first kappa shape index (κ1) is 21.6. The molecule has 1 aliphatic rings. The van der Waals surface area contributed by atoms with Gasteiger partial charge < -0.3 is 14.6 Å².